The molecule has 1 aromatic rings. The van der Waals surface area contributed by atoms with Gasteiger partial charge in [-0.2, -0.15) is 0 Å². The van der Waals surface area contributed by atoms with E-state index in [0.717, 1.165) is 11.7 Å². The van der Waals surface area contributed by atoms with Gasteiger partial charge in [-0.1, -0.05) is 19.8 Å². The highest BCUT2D eigenvalue weighted by atomic mass is 32.1. The number of rotatable bonds is 5. The van der Waals surface area contributed by atoms with E-state index in [4.69, 9.17) is 0 Å². The summed E-state index contributed by atoms with van der Waals surface area (Å²) in [6, 6.07) is 0. The van der Waals surface area contributed by atoms with Gasteiger partial charge in [-0.15, -0.1) is 11.3 Å². The first-order valence-electron chi connectivity index (χ1n) is 6.47. The Morgan fingerprint density at radius 2 is 2.28 bits per heavy atom. The lowest BCUT2D eigenvalue weighted by molar-refractivity contribution is 0.0595. The molecule has 0 spiro atoms. The Kier molecular flexibility index (Phi) is 4.22. The topological polar surface area (TPSA) is 51.2 Å². The zero-order valence-corrected chi connectivity index (χ0v) is 11.8. The van der Waals surface area contributed by atoms with Crippen molar-refractivity contribution in [1.29, 1.82) is 0 Å². The van der Waals surface area contributed by atoms with Crippen LogP contribution in [0.15, 0.2) is 5.38 Å². The Morgan fingerprint density at radius 1 is 1.56 bits per heavy atom. The summed E-state index contributed by atoms with van der Waals surface area (Å²) < 4.78 is 4.65. The van der Waals surface area contributed by atoms with Crippen LogP contribution in [0.1, 0.15) is 49.5 Å². The van der Waals surface area contributed by atoms with Crippen LogP contribution >= 0.6 is 11.3 Å². The highest BCUT2D eigenvalue weighted by molar-refractivity contribution is 7.13. The van der Waals surface area contributed by atoms with Crippen LogP contribution in [0.5, 0.6) is 0 Å². The zero-order chi connectivity index (χ0) is 13.0. The van der Waals surface area contributed by atoms with Gasteiger partial charge in [0.2, 0.25) is 0 Å². The second-order valence-electron chi connectivity index (χ2n) is 4.94. The van der Waals surface area contributed by atoms with Crippen LogP contribution in [0.25, 0.3) is 0 Å². The third-order valence-corrected chi connectivity index (χ3v) is 4.73. The number of hydrogen-bond donors (Lipinski definition) is 1. The van der Waals surface area contributed by atoms with Crippen molar-refractivity contribution in [3.63, 3.8) is 0 Å². The van der Waals surface area contributed by atoms with E-state index in [1.807, 2.05) is 0 Å². The van der Waals surface area contributed by atoms with E-state index in [0.29, 0.717) is 11.1 Å². The summed E-state index contributed by atoms with van der Waals surface area (Å²) in [5, 5.41) is 5.93. The maximum atomic E-state index is 11.3. The van der Waals surface area contributed by atoms with E-state index in [2.05, 4.69) is 22.0 Å². The summed E-state index contributed by atoms with van der Waals surface area (Å²) in [7, 11) is 1.37. The van der Waals surface area contributed by atoms with Crippen LogP contribution in [0.4, 0.5) is 5.13 Å². The number of nitrogens with zero attached hydrogens (tertiary/aromatic N) is 1. The average Bonchev–Trinajstić information content (AvgIpc) is 3.05. The van der Waals surface area contributed by atoms with Gasteiger partial charge in [0.25, 0.3) is 0 Å². The van der Waals surface area contributed by atoms with Gasteiger partial charge >= 0.3 is 5.97 Å². The summed E-state index contributed by atoms with van der Waals surface area (Å²) in [6.07, 6.45) is 6.47. The molecular weight excluding hydrogens is 248 g/mol. The Bertz CT molecular complexity index is 411. The first-order chi connectivity index (χ1) is 8.69. The minimum Gasteiger partial charge on any atom is -0.464 e. The number of thiazole rings is 1. The Labute approximate surface area is 112 Å². The molecule has 5 heteroatoms. The molecule has 0 bridgehead atoms. The number of hydrogen-bond acceptors (Lipinski definition) is 5. The average molecular weight is 268 g/mol. The number of carbonyl (C=O) groups is 1. The van der Waals surface area contributed by atoms with Gasteiger partial charge in [-0.05, 0) is 24.7 Å². The van der Waals surface area contributed by atoms with Crippen molar-refractivity contribution in [2.45, 2.75) is 39.0 Å². The van der Waals surface area contributed by atoms with Gasteiger partial charge in [0.05, 0.1) is 7.11 Å². The smallest absolute Gasteiger partial charge is 0.357 e. The highest BCUT2D eigenvalue weighted by Crippen LogP contribution is 2.41. The Morgan fingerprint density at radius 3 is 2.89 bits per heavy atom. The second-order valence-corrected chi connectivity index (χ2v) is 5.80. The monoisotopic (exact) mass is 268 g/mol. The molecule has 4 nitrogen and oxygen atoms in total. The van der Waals surface area contributed by atoms with Crippen LogP contribution in [-0.2, 0) is 4.74 Å². The molecule has 1 saturated carbocycles. The maximum absolute atomic E-state index is 11.3. The lowest BCUT2D eigenvalue weighted by Crippen LogP contribution is -2.25. The van der Waals surface area contributed by atoms with Gasteiger partial charge in [0.1, 0.15) is 0 Å². The molecule has 0 amide bonds. The predicted octanol–water partition coefficient (Wildman–Crippen LogP) is 3.31. The fourth-order valence-electron chi connectivity index (χ4n) is 2.60. The summed E-state index contributed by atoms with van der Waals surface area (Å²) in [4.78, 5) is 15.5. The molecule has 1 N–H and O–H groups in total. The number of anilines is 1. The highest BCUT2D eigenvalue weighted by Gasteiger charge is 2.31. The van der Waals surface area contributed by atoms with Crippen molar-refractivity contribution in [2.24, 2.45) is 5.41 Å². The van der Waals surface area contributed by atoms with Crippen molar-refractivity contribution in [3.05, 3.63) is 11.1 Å². The first-order valence-corrected chi connectivity index (χ1v) is 7.35. The molecule has 0 aromatic carbocycles. The molecule has 0 atom stereocenters. The van der Waals surface area contributed by atoms with Crippen LogP contribution in [0, 0.1) is 5.41 Å². The number of esters is 1. The van der Waals surface area contributed by atoms with E-state index in [-0.39, 0.29) is 5.97 Å². The molecule has 0 unspecified atom stereocenters. The largest absolute Gasteiger partial charge is 0.464 e. The molecule has 0 radical (unpaired) electrons. The van der Waals surface area contributed by atoms with Gasteiger partial charge in [-0.25, -0.2) is 9.78 Å². The first kappa shape index (κ1) is 13.3. The van der Waals surface area contributed by atoms with Gasteiger partial charge in [0.15, 0.2) is 10.8 Å². The summed E-state index contributed by atoms with van der Waals surface area (Å²) in [5.74, 6) is -0.370. The van der Waals surface area contributed by atoms with Gasteiger partial charge < -0.3 is 10.1 Å². The fourth-order valence-corrected chi connectivity index (χ4v) is 3.28. The molecule has 0 saturated heterocycles. The molecule has 1 fully saturated rings. The van der Waals surface area contributed by atoms with E-state index in [9.17, 15) is 4.79 Å². The molecule has 2 rings (SSSR count). The van der Waals surface area contributed by atoms with Crippen molar-refractivity contribution in [1.82, 2.24) is 4.98 Å². The van der Waals surface area contributed by atoms with E-state index in [1.165, 1.54) is 50.6 Å². The number of nitrogens with one attached hydrogen (secondary N) is 1. The van der Waals surface area contributed by atoms with Crippen molar-refractivity contribution in [3.8, 4) is 0 Å². The van der Waals surface area contributed by atoms with Crippen LogP contribution in [0.3, 0.4) is 0 Å². The van der Waals surface area contributed by atoms with E-state index < -0.39 is 0 Å². The van der Waals surface area contributed by atoms with Crippen LogP contribution in [0.2, 0.25) is 0 Å². The SMILES string of the molecule is CCC1(CNc2nc(C(=O)OC)cs2)CCCC1. The number of carbonyl (C=O) groups excluding carboxylic acids is 1. The number of methoxy groups -OCH3 is 1. The lowest BCUT2D eigenvalue weighted by atomic mass is 9.83. The van der Waals surface area contributed by atoms with E-state index in [1.54, 1.807) is 5.38 Å². The predicted molar refractivity (Wildman–Crippen MR) is 73.1 cm³/mol. The number of ether oxygens (including phenoxy) is 1. The minimum atomic E-state index is -0.370. The molecule has 0 aliphatic heterocycles. The van der Waals surface area contributed by atoms with Crippen molar-refractivity contribution >= 4 is 22.4 Å². The molecule has 1 heterocycles. The fraction of sp³-hybridized carbons (Fsp3) is 0.692. The van der Waals surface area contributed by atoms with Crippen molar-refractivity contribution in [2.75, 3.05) is 19.0 Å². The maximum Gasteiger partial charge on any atom is 0.357 e. The third kappa shape index (κ3) is 2.83. The zero-order valence-electron chi connectivity index (χ0n) is 11.0. The molecule has 100 valence electrons. The molecule has 18 heavy (non-hydrogen) atoms. The molecule has 1 aliphatic rings. The van der Waals surface area contributed by atoms with E-state index >= 15 is 0 Å². The molecule has 1 aromatic heterocycles. The summed E-state index contributed by atoms with van der Waals surface area (Å²) in [6.45, 7) is 3.21. The normalized spacial score (nSPS) is 17.7. The van der Waals surface area contributed by atoms with Gasteiger partial charge in [-0.3, -0.25) is 0 Å². The van der Waals surface area contributed by atoms with Crippen LogP contribution < -0.4 is 5.32 Å². The Hall–Kier alpha value is -1.10. The minimum absolute atomic E-state index is 0.370. The van der Waals surface area contributed by atoms with Crippen molar-refractivity contribution < 1.29 is 9.53 Å². The summed E-state index contributed by atoms with van der Waals surface area (Å²) >= 11 is 1.46. The molecular formula is C13H20N2O2S. The lowest BCUT2D eigenvalue weighted by Gasteiger charge is -2.27. The number of aromatic nitrogens is 1. The third-order valence-electron chi connectivity index (χ3n) is 3.93. The quantitative estimate of drug-likeness (QED) is 0.832. The Balaban J connectivity index is 1.93. The van der Waals surface area contributed by atoms with Gasteiger partial charge in [0, 0.05) is 11.9 Å². The summed E-state index contributed by atoms with van der Waals surface area (Å²) in [5.41, 5.74) is 0.818. The van der Waals surface area contributed by atoms with Crippen LogP contribution in [-0.4, -0.2) is 24.6 Å². The second kappa shape index (κ2) is 5.69. The molecule has 1 aliphatic carbocycles. The standard InChI is InChI=1S/C13H20N2O2S/c1-3-13(6-4-5-7-13)9-14-12-15-10(8-18-12)11(16)17-2/h8H,3-7,9H2,1-2H3,(H,14,15).